The monoisotopic (exact) mass is 274 g/mol. The van der Waals surface area contributed by atoms with E-state index in [0.29, 0.717) is 5.69 Å². The van der Waals surface area contributed by atoms with Crippen molar-refractivity contribution in [3.8, 4) is 0 Å². The number of carboxylic acid groups (broad SMARTS) is 1. The molecular weight excluding hydrogens is 252 g/mol. The van der Waals surface area contributed by atoms with Crippen LogP contribution in [0.25, 0.3) is 0 Å². The summed E-state index contributed by atoms with van der Waals surface area (Å²) in [5.74, 6) is 1.60. The maximum atomic E-state index is 11.2. The molecule has 3 rings (SSSR count). The van der Waals surface area contributed by atoms with Gasteiger partial charge in [0.05, 0.1) is 5.56 Å². The summed E-state index contributed by atoms with van der Waals surface area (Å²) >= 11 is 0. The lowest BCUT2D eigenvalue weighted by atomic mass is 9.89. The van der Waals surface area contributed by atoms with Crippen molar-refractivity contribution < 1.29 is 9.90 Å². The minimum Gasteiger partial charge on any atom is -0.478 e. The Balaban J connectivity index is 1.70. The van der Waals surface area contributed by atoms with E-state index in [2.05, 4.69) is 5.32 Å². The predicted molar refractivity (Wildman–Crippen MR) is 80.0 cm³/mol. The third-order valence-corrected chi connectivity index (χ3v) is 5.07. The number of aryl methyl sites for hydroxylation is 1. The summed E-state index contributed by atoms with van der Waals surface area (Å²) in [5.41, 5.74) is 8.06. The molecule has 2 saturated carbocycles. The van der Waals surface area contributed by atoms with Gasteiger partial charge in [0, 0.05) is 17.9 Å². The van der Waals surface area contributed by atoms with Crippen molar-refractivity contribution in [1.29, 1.82) is 0 Å². The van der Waals surface area contributed by atoms with Crippen LogP contribution < -0.4 is 11.1 Å². The standard InChI is InChI=1S/C16H22N2O2/c1-9-4-13(7-14(15(9)17)16(19)20)18-8-12-6-10-2-3-11(12)5-10/h4,7,10-12,18H,2-3,5-6,8,17H2,1H3,(H,19,20). The molecular formula is C16H22N2O2. The molecule has 3 unspecified atom stereocenters. The molecule has 1 aromatic rings. The van der Waals surface area contributed by atoms with E-state index in [-0.39, 0.29) is 5.56 Å². The number of hydrogen-bond acceptors (Lipinski definition) is 3. The fraction of sp³-hybridized carbons (Fsp3) is 0.562. The number of rotatable bonds is 4. The second-order valence-electron chi connectivity index (χ2n) is 6.38. The molecule has 0 saturated heterocycles. The van der Waals surface area contributed by atoms with Crippen molar-refractivity contribution in [3.63, 3.8) is 0 Å². The minimum absolute atomic E-state index is 0.195. The zero-order valence-corrected chi connectivity index (χ0v) is 11.9. The molecule has 0 aromatic heterocycles. The Morgan fingerprint density at radius 2 is 2.20 bits per heavy atom. The molecule has 108 valence electrons. The van der Waals surface area contributed by atoms with Crippen molar-refractivity contribution in [2.75, 3.05) is 17.6 Å². The minimum atomic E-state index is -0.964. The van der Waals surface area contributed by atoms with Crippen molar-refractivity contribution in [3.05, 3.63) is 23.3 Å². The number of nitrogens with one attached hydrogen (secondary N) is 1. The quantitative estimate of drug-likeness (QED) is 0.737. The normalized spacial score (nSPS) is 27.8. The Hall–Kier alpha value is -1.71. The van der Waals surface area contributed by atoms with Crippen molar-refractivity contribution in [2.45, 2.75) is 32.6 Å². The molecule has 1 aromatic carbocycles. The highest BCUT2D eigenvalue weighted by Gasteiger charge is 2.39. The highest BCUT2D eigenvalue weighted by atomic mass is 16.4. The molecule has 2 bridgehead atoms. The molecule has 0 aliphatic heterocycles. The fourth-order valence-corrected chi connectivity index (χ4v) is 3.95. The molecule has 0 radical (unpaired) electrons. The molecule has 2 aliphatic carbocycles. The summed E-state index contributed by atoms with van der Waals surface area (Å²) in [6.45, 7) is 2.80. The van der Waals surface area contributed by atoms with Gasteiger partial charge >= 0.3 is 5.97 Å². The van der Waals surface area contributed by atoms with Crippen LogP contribution >= 0.6 is 0 Å². The van der Waals surface area contributed by atoms with Gasteiger partial charge in [0.1, 0.15) is 0 Å². The van der Waals surface area contributed by atoms with Crippen molar-refractivity contribution in [2.24, 2.45) is 17.8 Å². The highest BCUT2D eigenvalue weighted by molar-refractivity contribution is 5.95. The van der Waals surface area contributed by atoms with Crippen LogP contribution in [-0.2, 0) is 0 Å². The number of nitrogen functional groups attached to an aromatic ring is 1. The average Bonchev–Trinajstić information content (AvgIpc) is 3.01. The molecule has 4 heteroatoms. The van der Waals surface area contributed by atoms with Crippen molar-refractivity contribution in [1.82, 2.24) is 0 Å². The number of carboxylic acids is 1. The molecule has 0 amide bonds. The molecule has 4 N–H and O–H groups in total. The Bertz CT molecular complexity index is 542. The van der Waals surface area contributed by atoms with Crippen LogP contribution in [0.5, 0.6) is 0 Å². The van der Waals surface area contributed by atoms with Gasteiger partial charge in [-0.15, -0.1) is 0 Å². The number of benzene rings is 1. The third-order valence-electron chi connectivity index (χ3n) is 5.07. The zero-order valence-electron chi connectivity index (χ0n) is 11.9. The Labute approximate surface area is 119 Å². The fourth-order valence-electron chi connectivity index (χ4n) is 3.95. The van der Waals surface area contributed by atoms with E-state index in [4.69, 9.17) is 5.73 Å². The first-order valence-corrected chi connectivity index (χ1v) is 7.42. The summed E-state index contributed by atoms with van der Waals surface area (Å²) < 4.78 is 0. The zero-order chi connectivity index (χ0) is 14.3. The van der Waals surface area contributed by atoms with Gasteiger partial charge in [-0.1, -0.05) is 6.42 Å². The van der Waals surface area contributed by atoms with Crippen LogP contribution in [0.15, 0.2) is 12.1 Å². The number of anilines is 2. The van der Waals surface area contributed by atoms with Crippen LogP contribution in [0.2, 0.25) is 0 Å². The van der Waals surface area contributed by atoms with Gasteiger partial charge in [0.25, 0.3) is 0 Å². The van der Waals surface area contributed by atoms with Gasteiger partial charge in [0.2, 0.25) is 0 Å². The van der Waals surface area contributed by atoms with E-state index in [9.17, 15) is 9.90 Å². The van der Waals surface area contributed by atoms with Crippen LogP contribution in [0.3, 0.4) is 0 Å². The number of carbonyl (C=O) groups is 1. The predicted octanol–water partition coefficient (Wildman–Crippen LogP) is 3.12. The van der Waals surface area contributed by atoms with Crippen LogP contribution in [0.1, 0.15) is 41.6 Å². The maximum Gasteiger partial charge on any atom is 0.337 e. The topological polar surface area (TPSA) is 75.3 Å². The summed E-state index contributed by atoms with van der Waals surface area (Å²) in [6.07, 6.45) is 5.51. The Morgan fingerprint density at radius 1 is 1.40 bits per heavy atom. The highest BCUT2D eigenvalue weighted by Crippen LogP contribution is 2.48. The first kappa shape index (κ1) is 13.3. The maximum absolute atomic E-state index is 11.2. The molecule has 0 spiro atoms. The molecule has 0 heterocycles. The largest absolute Gasteiger partial charge is 0.478 e. The first-order chi connectivity index (χ1) is 9.54. The summed E-state index contributed by atoms with van der Waals surface area (Å²) in [4.78, 5) is 11.2. The van der Waals surface area contributed by atoms with E-state index in [1.165, 1.54) is 25.7 Å². The van der Waals surface area contributed by atoms with Gasteiger partial charge in [-0.3, -0.25) is 0 Å². The summed E-state index contributed by atoms with van der Waals surface area (Å²) in [7, 11) is 0. The smallest absolute Gasteiger partial charge is 0.337 e. The molecule has 3 atom stereocenters. The molecule has 20 heavy (non-hydrogen) atoms. The third kappa shape index (κ3) is 2.35. The van der Waals surface area contributed by atoms with E-state index in [0.717, 1.165) is 35.5 Å². The van der Waals surface area contributed by atoms with Gasteiger partial charge in [-0.25, -0.2) is 4.79 Å². The molecule has 2 aliphatic rings. The lowest BCUT2D eigenvalue weighted by molar-refractivity contribution is 0.0698. The van der Waals surface area contributed by atoms with Crippen LogP contribution in [0.4, 0.5) is 11.4 Å². The van der Waals surface area contributed by atoms with Crippen LogP contribution in [-0.4, -0.2) is 17.6 Å². The van der Waals surface area contributed by atoms with Gasteiger partial charge in [-0.2, -0.15) is 0 Å². The summed E-state index contributed by atoms with van der Waals surface area (Å²) in [5, 5.41) is 12.6. The Kier molecular flexibility index (Phi) is 3.32. The lowest BCUT2D eigenvalue weighted by Gasteiger charge is -2.22. The lowest BCUT2D eigenvalue weighted by Crippen LogP contribution is -2.20. The number of hydrogen-bond donors (Lipinski definition) is 3. The van der Waals surface area contributed by atoms with E-state index in [1.807, 2.05) is 13.0 Å². The summed E-state index contributed by atoms with van der Waals surface area (Å²) in [6, 6.07) is 3.59. The van der Waals surface area contributed by atoms with E-state index >= 15 is 0 Å². The van der Waals surface area contributed by atoms with Crippen molar-refractivity contribution >= 4 is 17.3 Å². The van der Waals surface area contributed by atoms with Gasteiger partial charge < -0.3 is 16.2 Å². The van der Waals surface area contributed by atoms with Crippen LogP contribution in [0, 0.1) is 24.7 Å². The van der Waals surface area contributed by atoms with E-state index in [1.54, 1.807) is 6.07 Å². The van der Waals surface area contributed by atoms with E-state index < -0.39 is 5.97 Å². The molecule has 2 fully saturated rings. The Morgan fingerprint density at radius 3 is 2.80 bits per heavy atom. The second kappa shape index (κ2) is 5.00. The second-order valence-corrected chi connectivity index (χ2v) is 6.38. The first-order valence-electron chi connectivity index (χ1n) is 7.42. The average molecular weight is 274 g/mol. The SMILES string of the molecule is Cc1cc(NCC2CC3CCC2C3)cc(C(=O)O)c1N. The number of aromatic carboxylic acids is 1. The number of nitrogens with two attached hydrogens (primary N) is 1. The molecule has 4 nitrogen and oxygen atoms in total. The van der Waals surface area contributed by atoms with Gasteiger partial charge in [0.15, 0.2) is 0 Å². The van der Waals surface area contributed by atoms with Gasteiger partial charge in [-0.05, 0) is 61.6 Å². The number of fused-ring (bicyclic) bond motifs is 2.